The van der Waals surface area contributed by atoms with Crippen molar-refractivity contribution >= 4 is 27.7 Å². The molecule has 1 N–H and O–H groups in total. The Balaban J connectivity index is 1.99. The van der Waals surface area contributed by atoms with E-state index in [1.165, 1.54) is 0 Å². The molecular formula is C19H12BrN3O. The molecule has 0 aliphatic heterocycles. The molecule has 2 aromatic carbocycles. The molecule has 4 nitrogen and oxygen atoms in total. The van der Waals surface area contributed by atoms with Gasteiger partial charge in [-0.2, -0.15) is 5.26 Å². The van der Waals surface area contributed by atoms with Crippen LogP contribution in [0.15, 0.2) is 71.3 Å². The summed E-state index contributed by atoms with van der Waals surface area (Å²) in [7, 11) is 0. The Morgan fingerprint density at radius 2 is 1.71 bits per heavy atom. The van der Waals surface area contributed by atoms with Crippen LogP contribution >= 0.6 is 15.9 Å². The van der Waals surface area contributed by atoms with Crippen LogP contribution in [0, 0.1) is 11.3 Å². The minimum absolute atomic E-state index is 0.270. The summed E-state index contributed by atoms with van der Waals surface area (Å²) < 4.78 is 0.837. The summed E-state index contributed by atoms with van der Waals surface area (Å²) in [6, 6.07) is 20.1. The molecular weight excluding hydrogens is 366 g/mol. The highest BCUT2D eigenvalue weighted by Gasteiger charge is 2.15. The SMILES string of the molecule is N#Cc1ccccc1-c1ccccc1C(=O)Nc1ccc(Br)cn1. The second kappa shape index (κ2) is 7.07. The van der Waals surface area contributed by atoms with Crippen molar-refractivity contribution in [1.82, 2.24) is 4.98 Å². The fourth-order valence-electron chi connectivity index (χ4n) is 2.36. The number of halogens is 1. The number of aromatic nitrogens is 1. The Labute approximate surface area is 147 Å². The van der Waals surface area contributed by atoms with Gasteiger partial charge in [0.25, 0.3) is 5.91 Å². The lowest BCUT2D eigenvalue weighted by Gasteiger charge is -2.11. The molecule has 0 bridgehead atoms. The molecule has 24 heavy (non-hydrogen) atoms. The van der Waals surface area contributed by atoms with Gasteiger partial charge >= 0.3 is 0 Å². The summed E-state index contributed by atoms with van der Waals surface area (Å²) in [5, 5.41) is 12.1. The van der Waals surface area contributed by atoms with Gasteiger partial charge in [0, 0.05) is 21.8 Å². The Kier molecular flexibility index (Phi) is 4.69. The Morgan fingerprint density at radius 1 is 1.00 bits per heavy atom. The fraction of sp³-hybridized carbons (Fsp3) is 0. The van der Waals surface area contributed by atoms with Crippen molar-refractivity contribution < 1.29 is 4.79 Å². The Bertz CT molecular complexity index is 930. The summed E-state index contributed by atoms with van der Waals surface area (Å²) in [6.07, 6.45) is 1.62. The quantitative estimate of drug-likeness (QED) is 0.722. The highest BCUT2D eigenvalue weighted by Crippen LogP contribution is 2.27. The van der Waals surface area contributed by atoms with Crippen molar-refractivity contribution in [2.75, 3.05) is 5.32 Å². The standard InChI is InChI=1S/C19H12BrN3O/c20-14-9-10-18(22-12-14)23-19(24)17-8-4-3-7-16(17)15-6-2-1-5-13(15)11-21/h1-10,12H,(H,22,23,24). The van der Waals surface area contributed by atoms with Gasteiger partial charge < -0.3 is 5.32 Å². The smallest absolute Gasteiger partial charge is 0.257 e. The molecule has 0 saturated heterocycles. The average Bonchev–Trinajstić information content (AvgIpc) is 2.63. The van der Waals surface area contributed by atoms with Gasteiger partial charge in [-0.25, -0.2) is 4.98 Å². The molecule has 0 spiro atoms. The minimum Gasteiger partial charge on any atom is -0.307 e. The number of pyridine rings is 1. The van der Waals surface area contributed by atoms with E-state index in [1.54, 1.807) is 42.6 Å². The number of carbonyl (C=O) groups excluding carboxylic acids is 1. The van der Waals surface area contributed by atoms with Gasteiger partial charge in [0.2, 0.25) is 0 Å². The molecule has 0 atom stereocenters. The number of amides is 1. The summed E-state index contributed by atoms with van der Waals surface area (Å²) in [6.45, 7) is 0. The topological polar surface area (TPSA) is 65.8 Å². The summed E-state index contributed by atoms with van der Waals surface area (Å²) in [5.74, 6) is 0.194. The number of carbonyl (C=O) groups is 1. The molecule has 3 aromatic rings. The van der Waals surface area contributed by atoms with Crippen molar-refractivity contribution in [1.29, 1.82) is 5.26 Å². The first-order chi connectivity index (χ1) is 11.7. The van der Waals surface area contributed by atoms with Crippen LogP contribution in [0.1, 0.15) is 15.9 Å². The summed E-state index contributed by atoms with van der Waals surface area (Å²) in [4.78, 5) is 16.8. The predicted molar refractivity (Wildman–Crippen MR) is 96.5 cm³/mol. The van der Waals surface area contributed by atoms with Crippen LogP contribution in [-0.2, 0) is 0 Å². The molecule has 1 amide bonds. The fourth-order valence-corrected chi connectivity index (χ4v) is 2.60. The minimum atomic E-state index is -0.270. The van der Waals surface area contributed by atoms with E-state index >= 15 is 0 Å². The van der Waals surface area contributed by atoms with E-state index in [9.17, 15) is 10.1 Å². The molecule has 3 rings (SSSR count). The van der Waals surface area contributed by atoms with Crippen LogP contribution < -0.4 is 5.32 Å². The first kappa shape index (κ1) is 15.9. The van der Waals surface area contributed by atoms with Crippen molar-refractivity contribution in [3.8, 4) is 17.2 Å². The molecule has 0 unspecified atom stereocenters. The summed E-state index contributed by atoms with van der Waals surface area (Å²) in [5.41, 5.74) is 2.46. The lowest BCUT2D eigenvalue weighted by atomic mass is 9.95. The number of anilines is 1. The van der Waals surface area contributed by atoms with Crippen LogP contribution in [0.3, 0.4) is 0 Å². The van der Waals surface area contributed by atoms with Gasteiger partial charge in [-0.1, -0.05) is 36.4 Å². The normalized spacial score (nSPS) is 10.0. The van der Waals surface area contributed by atoms with E-state index in [2.05, 4.69) is 32.3 Å². The Hall–Kier alpha value is -2.97. The van der Waals surface area contributed by atoms with E-state index in [0.717, 1.165) is 10.0 Å². The van der Waals surface area contributed by atoms with Crippen LogP contribution in [0.4, 0.5) is 5.82 Å². The zero-order valence-corrected chi connectivity index (χ0v) is 14.1. The number of benzene rings is 2. The molecule has 116 valence electrons. The molecule has 0 aliphatic carbocycles. The molecule has 0 fully saturated rings. The highest BCUT2D eigenvalue weighted by atomic mass is 79.9. The van der Waals surface area contributed by atoms with E-state index in [4.69, 9.17) is 0 Å². The van der Waals surface area contributed by atoms with Crippen LogP contribution in [0.25, 0.3) is 11.1 Å². The van der Waals surface area contributed by atoms with E-state index in [0.29, 0.717) is 22.5 Å². The first-order valence-electron chi connectivity index (χ1n) is 7.20. The van der Waals surface area contributed by atoms with Gasteiger partial charge in [0.05, 0.1) is 11.6 Å². The number of nitrogens with one attached hydrogen (secondary N) is 1. The number of rotatable bonds is 3. The highest BCUT2D eigenvalue weighted by molar-refractivity contribution is 9.10. The van der Waals surface area contributed by atoms with Crippen molar-refractivity contribution in [2.45, 2.75) is 0 Å². The largest absolute Gasteiger partial charge is 0.307 e. The van der Waals surface area contributed by atoms with Gasteiger partial charge in [0.1, 0.15) is 5.82 Å². The van der Waals surface area contributed by atoms with E-state index in [1.807, 2.05) is 24.3 Å². The number of hydrogen-bond donors (Lipinski definition) is 1. The summed E-state index contributed by atoms with van der Waals surface area (Å²) >= 11 is 3.31. The molecule has 5 heteroatoms. The monoisotopic (exact) mass is 377 g/mol. The second-order valence-corrected chi connectivity index (χ2v) is 5.93. The molecule has 0 radical (unpaired) electrons. The average molecular weight is 378 g/mol. The second-order valence-electron chi connectivity index (χ2n) is 5.02. The number of nitriles is 1. The third kappa shape index (κ3) is 3.34. The lowest BCUT2D eigenvalue weighted by Crippen LogP contribution is -2.14. The Morgan fingerprint density at radius 3 is 2.42 bits per heavy atom. The van der Waals surface area contributed by atoms with Crippen molar-refractivity contribution in [2.24, 2.45) is 0 Å². The van der Waals surface area contributed by atoms with Gasteiger partial charge in [-0.05, 0) is 45.8 Å². The molecule has 1 heterocycles. The maximum absolute atomic E-state index is 12.6. The van der Waals surface area contributed by atoms with Gasteiger partial charge in [0.15, 0.2) is 0 Å². The third-order valence-corrected chi connectivity index (χ3v) is 3.95. The van der Waals surface area contributed by atoms with Gasteiger partial charge in [-0.15, -0.1) is 0 Å². The van der Waals surface area contributed by atoms with Crippen molar-refractivity contribution in [3.63, 3.8) is 0 Å². The van der Waals surface area contributed by atoms with Crippen LogP contribution in [0.5, 0.6) is 0 Å². The zero-order chi connectivity index (χ0) is 16.9. The third-order valence-electron chi connectivity index (χ3n) is 3.48. The van der Waals surface area contributed by atoms with Crippen LogP contribution in [-0.4, -0.2) is 10.9 Å². The van der Waals surface area contributed by atoms with Crippen LogP contribution in [0.2, 0.25) is 0 Å². The maximum atomic E-state index is 12.6. The molecule has 1 aromatic heterocycles. The predicted octanol–water partition coefficient (Wildman–Crippen LogP) is 4.64. The van der Waals surface area contributed by atoms with E-state index in [-0.39, 0.29) is 5.91 Å². The van der Waals surface area contributed by atoms with E-state index < -0.39 is 0 Å². The lowest BCUT2D eigenvalue weighted by molar-refractivity contribution is 0.102. The first-order valence-corrected chi connectivity index (χ1v) is 8.00. The van der Waals surface area contributed by atoms with Gasteiger partial charge in [-0.3, -0.25) is 4.79 Å². The maximum Gasteiger partial charge on any atom is 0.257 e. The zero-order valence-electron chi connectivity index (χ0n) is 12.5. The number of nitrogens with zero attached hydrogens (tertiary/aromatic N) is 2. The molecule has 0 aliphatic rings. The number of hydrogen-bond acceptors (Lipinski definition) is 3. The molecule has 0 saturated carbocycles. The van der Waals surface area contributed by atoms with Crippen molar-refractivity contribution in [3.05, 3.63) is 82.5 Å².